The molecule has 0 saturated carbocycles. The number of nitrogens with one attached hydrogen (secondary N) is 1. The number of Topliss-reactive ketones (excluding diaryl/α,β-unsaturated/α-hetero) is 1. The molecule has 0 aromatic heterocycles. The number of rotatable bonds is 2. The molecule has 0 spiro atoms. The van der Waals surface area contributed by atoms with Crippen LogP contribution in [0.15, 0.2) is 58.0 Å². The van der Waals surface area contributed by atoms with E-state index in [0.717, 1.165) is 0 Å². The summed E-state index contributed by atoms with van der Waals surface area (Å²) in [6.45, 7) is 1.72. The second kappa shape index (κ2) is 5.33. The Labute approximate surface area is 124 Å². The van der Waals surface area contributed by atoms with Crippen LogP contribution in [0.3, 0.4) is 0 Å². The largest absolute Gasteiger partial charge is 0.355 e. The monoisotopic (exact) mass is 303 g/mol. The summed E-state index contributed by atoms with van der Waals surface area (Å²) in [7, 11) is 0. The number of carbonyl (C=O) groups excluding carboxylic acids is 1. The van der Waals surface area contributed by atoms with Gasteiger partial charge in [0.15, 0.2) is 0 Å². The van der Waals surface area contributed by atoms with Crippen molar-refractivity contribution in [3.8, 4) is 0 Å². The van der Waals surface area contributed by atoms with Gasteiger partial charge in [0.05, 0.1) is 10.6 Å². The molecule has 2 aromatic carbocycles. The zero-order valence-corrected chi connectivity index (χ0v) is 11.9. The summed E-state index contributed by atoms with van der Waals surface area (Å²) in [4.78, 5) is 13.6. The zero-order valence-electron chi connectivity index (χ0n) is 11.1. The Kier molecular flexibility index (Phi) is 3.51. The smallest absolute Gasteiger partial charge is 0.201 e. The maximum absolute atomic E-state index is 13.7. The molecule has 0 radical (unpaired) electrons. The molecule has 2 aromatic rings. The Bertz CT molecular complexity index is 753. The summed E-state index contributed by atoms with van der Waals surface area (Å²) >= 11 is 1.22. The Morgan fingerprint density at radius 3 is 2.52 bits per heavy atom. The SMILES string of the molecule is CC1=C(C(=O)c2ccc(F)cc2)Sc2cccc(F)c2N1. The highest BCUT2D eigenvalue weighted by molar-refractivity contribution is 8.04. The number of hydrogen-bond donors (Lipinski definition) is 1. The van der Waals surface area contributed by atoms with E-state index in [2.05, 4.69) is 5.32 Å². The molecule has 5 heteroatoms. The van der Waals surface area contributed by atoms with E-state index >= 15 is 0 Å². The van der Waals surface area contributed by atoms with E-state index in [4.69, 9.17) is 0 Å². The van der Waals surface area contributed by atoms with Gasteiger partial charge in [-0.2, -0.15) is 0 Å². The van der Waals surface area contributed by atoms with Gasteiger partial charge >= 0.3 is 0 Å². The van der Waals surface area contributed by atoms with Crippen LogP contribution in [-0.2, 0) is 0 Å². The average Bonchev–Trinajstić information content (AvgIpc) is 2.48. The van der Waals surface area contributed by atoms with E-state index in [-0.39, 0.29) is 17.4 Å². The van der Waals surface area contributed by atoms with Crippen LogP contribution in [0.4, 0.5) is 14.5 Å². The first-order chi connectivity index (χ1) is 10.1. The van der Waals surface area contributed by atoms with Crippen molar-refractivity contribution in [3.05, 3.63) is 70.3 Å². The van der Waals surface area contributed by atoms with Crippen molar-refractivity contribution in [2.75, 3.05) is 5.32 Å². The maximum Gasteiger partial charge on any atom is 0.201 e. The predicted octanol–water partition coefficient (Wildman–Crippen LogP) is 4.60. The number of hydrogen-bond acceptors (Lipinski definition) is 3. The zero-order chi connectivity index (χ0) is 15.0. The van der Waals surface area contributed by atoms with Crippen LogP contribution in [0.2, 0.25) is 0 Å². The lowest BCUT2D eigenvalue weighted by atomic mass is 10.1. The van der Waals surface area contributed by atoms with Gasteiger partial charge in [-0.25, -0.2) is 8.78 Å². The third-order valence-electron chi connectivity index (χ3n) is 3.15. The van der Waals surface area contributed by atoms with Gasteiger partial charge in [0, 0.05) is 16.2 Å². The fourth-order valence-electron chi connectivity index (χ4n) is 2.09. The molecular formula is C16H11F2NOS. The number of anilines is 1. The molecule has 0 unspecified atom stereocenters. The average molecular weight is 303 g/mol. The molecule has 3 rings (SSSR count). The Morgan fingerprint density at radius 1 is 1.10 bits per heavy atom. The molecule has 0 bridgehead atoms. The van der Waals surface area contributed by atoms with Gasteiger partial charge in [0.1, 0.15) is 11.6 Å². The van der Waals surface area contributed by atoms with Crippen molar-refractivity contribution < 1.29 is 13.6 Å². The minimum atomic E-state index is -0.390. The second-order valence-corrected chi connectivity index (χ2v) is 5.68. The molecule has 2 nitrogen and oxygen atoms in total. The quantitative estimate of drug-likeness (QED) is 0.822. The van der Waals surface area contributed by atoms with E-state index in [1.165, 1.54) is 42.1 Å². The summed E-state index contributed by atoms with van der Waals surface area (Å²) in [5, 5.41) is 2.93. The summed E-state index contributed by atoms with van der Waals surface area (Å²) in [6.07, 6.45) is 0. The molecule has 1 aliphatic heterocycles. The van der Waals surface area contributed by atoms with Crippen molar-refractivity contribution in [2.24, 2.45) is 0 Å². The highest BCUT2D eigenvalue weighted by atomic mass is 32.2. The van der Waals surface area contributed by atoms with Gasteiger partial charge in [-0.15, -0.1) is 0 Å². The molecule has 0 saturated heterocycles. The molecular weight excluding hydrogens is 292 g/mol. The van der Waals surface area contributed by atoms with Gasteiger partial charge < -0.3 is 5.32 Å². The molecule has 1 heterocycles. The molecule has 1 aliphatic rings. The predicted molar refractivity (Wildman–Crippen MR) is 79.3 cm³/mol. The van der Waals surface area contributed by atoms with E-state index in [0.29, 0.717) is 26.7 Å². The lowest BCUT2D eigenvalue weighted by molar-refractivity contribution is 0.104. The highest BCUT2D eigenvalue weighted by Crippen LogP contribution is 2.41. The van der Waals surface area contributed by atoms with Gasteiger partial charge in [-0.05, 0) is 43.3 Å². The number of allylic oxidation sites excluding steroid dienone is 2. The van der Waals surface area contributed by atoms with Crippen LogP contribution >= 0.6 is 11.8 Å². The Hall–Kier alpha value is -2.14. The number of thioether (sulfide) groups is 1. The lowest BCUT2D eigenvalue weighted by Crippen LogP contribution is -2.13. The molecule has 0 amide bonds. The molecule has 1 N–H and O–H groups in total. The maximum atomic E-state index is 13.7. The number of halogens is 2. The van der Waals surface area contributed by atoms with Gasteiger partial charge in [0.25, 0.3) is 0 Å². The highest BCUT2D eigenvalue weighted by Gasteiger charge is 2.24. The third kappa shape index (κ3) is 2.56. The van der Waals surface area contributed by atoms with Crippen molar-refractivity contribution in [1.82, 2.24) is 0 Å². The first-order valence-electron chi connectivity index (χ1n) is 6.31. The number of para-hydroxylation sites is 1. The van der Waals surface area contributed by atoms with Crippen molar-refractivity contribution in [3.63, 3.8) is 0 Å². The van der Waals surface area contributed by atoms with E-state index in [1.807, 2.05) is 0 Å². The molecule has 106 valence electrons. The standard InChI is InChI=1S/C16H11F2NOS/c1-9-16(15(20)10-5-7-11(17)8-6-10)21-13-4-2-3-12(18)14(13)19-9/h2-8,19H,1H3. The Balaban J connectivity index is 1.96. The lowest BCUT2D eigenvalue weighted by Gasteiger charge is -2.21. The molecule has 0 atom stereocenters. The van der Waals surface area contributed by atoms with Gasteiger partial charge in [0.2, 0.25) is 5.78 Å². The summed E-state index contributed by atoms with van der Waals surface area (Å²) in [5.41, 5.74) is 1.38. The van der Waals surface area contributed by atoms with Crippen molar-refractivity contribution in [2.45, 2.75) is 11.8 Å². The van der Waals surface area contributed by atoms with Crippen molar-refractivity contribution >= 4 is 23.2 Å². The molecule has 0 fully saturated rings. The van der Waals surface area contributed by atoms with Gasteiger partial charge in [-0.1, -0.05) is 17.8 Å². The minimum absolute atomic E-state index is 0.208. The summed E-state index contributed by atoms with van der Waals surface area (Å²) in [5.74, 6) is -0.952. The van der Waals surface area contributed by atoms with Crippen molar-refractivity contribution in [1.29, 1.82) is 0 Å². The first-order valence-corrected chi connectivity index (χ1v) is 7.12. The fourth-order valence-corrected chi connectivity index (χ4v) is 3.12. The van der Waals surface area contributed by atoms with E-state index in [9.17, 15) is 13.6 Å². The van der Waals surface area contributed by atoms with Crippen LogP contribution in [0.1, 0.15) is 17.3 Å². The van der Waals surface area contributed by atoms with Crippen LogP contribution in [0.25, 0.3) is 0 Å². The third-order valence-corrected chi connectivity index (χ3v) is 4.41. The Morgan fingerprint density at radius 2 is 1.81 bits per heavy atom. The normalized spacial score (nSPS) is 13.7. The number of ketones is 1. The summed E-state index contributed by atoms with van der Waals surface area (Å²) < 4.78 is 26.6. The van der Waals surface area contributed by atoms with E-state index < -0.39 is 0 Å². The number of carbonyl (C=O) groups is 1. The number of fused-ring (bicyclic) bond motifs is 1. The number of benzene rings is 2. The molecule has 0 aliphatic carbocycles. The van der Waals surface area contributed by atoms with Crippen LogP contribution < -0.4 is 5.32 Å². The first kappa shape index (κ1) is 13.8. The second-order valence-electron chi connectivity index (χ2n) is 4.63. The minimum Gasteiger partial charge on any atom is -0.355 e. The summed E-state index contributed by atoms with van der Waals surface area (Å²) in [6, 6.07) is 10.1. The van der Waals surface area contributed by atoms with Crippen LogP contribution in [-0.4, -0.2) is 5.78 Å². The molecule has 21 heavy (non-hydrogen) atoms. The van der Waals surface area contributed by atoms with Gasteiger partial charge in [-0.3, -0.25) is 4.79 Å². The fraction of sp³-hybridized carbons (Fsp3) is 0.0625. The van der Waals surface area contributed by atoms with E-state index in [1.54, 1.807) is 19.1 Å². The van der Waals surface area contributed by atoms with Crippen LogP contribution in [0, 0.1) is 11.6 Å². The van der Waals surface area contributed by atoms with Crippen LogP contribution in [0.5, 0.6) is 0 Å². The topological polar surface area (TPSA) is 29.1 Å².